The molecular weight excluding hydrogens is 768 g/mol. The van der Waals surface area contributed by atoms with Crippen LogP contribution in [0.15, 0.2) is 121 Å². The predicted molar refractivity (Wildman–Crippen MR) is 197 cm³/mol. The average Bonchev–Trinajstić information content (AvgIpc) is 3.07. The van der Waals surface area contributed by atoms with Crippen molar-refractivity contribution in [2.24, 2.45) is 0 Å². The van der Waals surface area contributed by atoms with E-state index in [4.69, 9.17) is 0 Å². The van der Waals surface area contributed by atoms with Crippen molar-refractivity contribution in [3.05, 3.63) is 121 Å². The molecule has 0 N–H and O–H groups in total. The summed E-state index contributed by atoms with van der Waals surface area (Å²) in [5.41, 5.74) is 0. The average molecular weight is 819 g/mol. The van der Waals surface area contributed by atoms with Gasteiger partial charge in [-0.1, -0.05) is 0 Å². The van der Waals surface area contributed by atoms with Gasteiger partial charge in [-0.05, 0) is 0 Å². The molecular formula is C39H50As4. The molecule has 0 aromatic heterocycles. The van der Waals surface area contributed by atoms with Gasteiger partial charge in [-0.3, -0.25) is 0 Å². The molecule has 0 spiro atoms. The molecule has 0 saturated carbocycles. The molecule has 1 saturated heterocycles. The predicted octanol–water partition coefficient (Wildman–Crippen LogP) is 7.91. The van der Waals surface area contributed by atoms with Crippen LogP contribution in [-0.2, 0) is 0 Å². The fourth-order valence-electron chi connectivity index (χ4n) is 6.16. The summed E-state index contributed by atoms with van der Waals surface area (Å²) in [6, 6.07) is 48.4. The second-order valence-corrected chi connectivity index (χ2v) is 67.2. The third-order valence-electron chi connectivity index (χ3n) is 8.46. The van der Waals surface area contributed by atoms with Crippen LogP contribution in [-0.4, -0.2) is 46.2 Å². The molecule has 4 heteroatoms. The Morgan fingerprint density at radius 3 is 0.767 bits per heavy atom. The summed E-state index contributed by atoms with van der Waals surface area (Å²) < 4.78 is 7.18. The van der Waals surface area contributed by atoms with Gasteiger partial charge in [0.2, 0.25) is 0 Å². The molecule has 0 radical (unpaired) electrons. The van der Waals surface area contributed by atoms with Gasteiger partial charge >= 0.3 is 279 Å². The van der Waals surface area contributed by atoms with Gasteiger partial charge in [0.15, 0.2) is 0 Å². The minimum absolute atomic E-state index is 1.29. The summed E-state index contributed by atoms with van der Waals surface area (Å²) in [6.45, 7) is 0. The normalized spacial score (nSPS) is 23.8. The summed E-state index contributed by atoms with van der Waals surface area (Å²) in [5, 5.41) is 3.03. The van der Waals surface area contributed by atoms with Crippen LogP contribution >= 0.6 is 0 Å². The number of hydrogen-bond acceptors (Lipinski definition) is 0. The van der Waals surface area contributed by atoms with Crippen molar-refractivity contribution in [1.29, 1.82) is 0 Å². The number of benzene rings is 4. The summed E-state index contributed by atoms with van der Waals surface area (Å²) in [5.74, 6) is 0. The van der Waals surface area contributed by atoms with Crippen LogP contribution in [0.4, 0.5) is 0 Å². The zero-order valence-electron chi connectivity index (χ0n) is 25.9. The van der Waals surface area contributed by atoms with E-state index in [0.717, 1.165) is 0 Å². The first-order valence-corrected chi connectivity index (χ1v) is 38.8. The standard InChI is InChI=1S/C39H50As4/c1-2-4-6-8-10-24-34-40(36-26-16-12-17-27-36)42(38-30-20-14-21-31-38)43(39-32-22-15-23-33-39)41(37-28-18-13-19-29-37)35-25-11-9-7-5-3-1/h12-23,26-33H,1-11,24-25,34-35H2. The Bertz CT molecular complexity index is 1160. The SMILES string of the molecule is c1ccc([As]2CCCCCCCCCCCCCCC[As](c3ccccc3)[As](c3ccccc3)[As]2c2ccccc2)cc1. The van der Waals surface area contributed by atoms with Gasteiger partial charge in [-0.15, -0.1) is 0 Å². The fourth-order valence-corrected chi connectivity index (χ4v) is 168. The molecule has 1 fully saturated rings. The topological polar surface area (TPSA) is 0 Å². The van der Waals surface area contributed by atoms with Crippen LogP contribution in [0.25, 0.3) is 0 Å². The van der Waals surface area contributed by atoms with Gasteiger partial charge in [0, 0.05) is 0 Å². The molecule has 1 aliphatic rings. The van der Waals surface area contributed by atoms with Crippen molar-refractivity contribution in [1.82, 2.24) is 0 Å². The van der Waals surface area contributed by atoms with Crippen LogP contribution in [0.5, 0.6) is 0 Å². The summed E-state index contributed by atoms with van der Waals surface area (Å²) in [6.07, 6.45) is 18.8. The Balaban J connectivity index is 1.61. The Kier molecular flexibility index (Phi) is 15.3. The molecule has 4 atom stereocenters. The zero-order chi connectivity index (χ0) is 29.4. The van der Waals surface area contributed by atoms with Crippen molar-refractivity contribution < 1.29 is 0 Å². The second kappa shape index (κ2) is 19.6. The minimum atomic E-state index is -1.37. The summed E-state index contributed by atoms with van der Waals surface area (Å²) in [4.78, 5) is 0. The monoisotopic (exact) mass is 818 g/mol. The third kappa shape index (κ3) is 10.6. The van der Waals surface area contributed by atoms with Crippen LogP contribution in [0, 0.1) is 0 Å². The summed E-state index contributed by atoms with van der Waals surface area (Å²) in [7, 11) is -2.73. The van der Waals surface area contributed by atoms with Crippen molar-refractivity contribution in [2.75, 3.05) is 0 Å². The third-order valence-corrected chi connectivity index (χ3v) is 117. The first-order chi connectivity index (χ1) is 21.4. The molecule has 4 unspecified atom stereocenters. The van der Waals surface area contributed by atoms with E-state index in [2.05, 4.69) is 121 Å². The van der Waals surface area contributed by atoms with Crippen molar-refractivity contribution >= 4 is 63.6 Å². The Labute approximate surface area is 276 Å². The quantitative estimate of drug-likeness (QED) is 0.184. The zero-order valence-corrected chi connectivity index (χ0v) is 33.4. The maximum atomic E-state index is 2.59. The van der Waals surface area contributed by atoms with Gasteiger partial charge in [0.1, 0.15) is 0 Å². The van der Waals surface area contributed by atoms with E-state index in [1.54, 1.807) is 8.70 Å². The molecule has 4 aromatic carbocycles. The molecule has 0 nitrogen and oxygen atoms in total. The van der Waals surface area contributed by atoms with Crippen molar-refractivity contribution in [3.63, 3.8) is 0 Å². The van der Waals surface area contributed by atoms with E-state index in [-0.39, 0.29) is 0 Å². The van der Waals surface area contributed by atoms with Gasteiger partial charge in [0.25, 0.3) is 0 Å². The van der Waals surface area contributed by atoms with E-state index in [1.807, 2.05) is 8.70 Å². The van der Waals surface area contributed by atoms with Gasteiger partial charge < -0.3 is 0 Å². The maximum absolute atomic E-state index is 2.59. The molecule has 226 valence electrons. The molecule has 0 bridgehead atoms. The molecule has 5 rings (SSSR count). The van der Waals surface area contributed by atoms with Crippen LogP contribution in [0.2, 0.25) is 10.4 Å². The Hall–Kier alpha value is -0.886. The molecule has 43 heavy (non-hydrogen) atoms. The first-order valence-electron chi connectivity index (χ1n) is 16.8. The number of rotatable bonds is 4. The van der Waals surface area contributed by atoms with Crippen LogP contribution in [0.3, 0.4) is 0 Å². The van der Waals surface area contributed by atoms with Crippen molar-refractivity contribution in [2.45, 2.75) is 93.9 Å². The van der Waals surface area contributed by atoms with Gasteiger partial charge in [-0.25, -0.2) is 0 Å². The van der Waals surface area contributed by atoms with Crippen molar-refractivity contribution in [3.8, 4) is 0 Å². The van der Waals surface area contributed by atoms with E-state index in [1.165, 1.54) is 93.9 Å². The van der Waals surface area contributed by atoms with E-state index in [0.29, 0.717) is 0 Å². The Morgan fingerprint density at radius 1 is 0.256 bits per heavy atom. The molecule has 1 heterocycles. The van der Waals surface area contributed by atoms with Gasteiger partial charge in [-0.2, -0.15) is 0 Å². The van der Waals surface area contributed by atoms with E-state index in [9.17, 15) is 0 Å². The molecule has 0 amide bonds. The van der Waals surface area contributed by atoms with Crippen LogP contribution in [0.1, 0.15) is 83.5 Å². The first kappa shape index (κ1) is 33.5. The molecule has 0 aliphatic carbocycles. The number of hydrogen-bond donors (Lipinski definition) is 0. The van der Waals surface area contributed by atoms with E-state index < -0.39 is 46.2 Å². The van der Waals surface area contributed by atoms with Crippen LogP contribution < -0.4 is 17.4 Å². The second-order valence-electron chi connectivity index (χ2n) is 11.8. The molecule has 4 aromatic rings. The van der Waals surface area contributed by atoms with Gasteiger partial charge in [0.05, 0.1) is 0 Å². The Morgan fingerprint density at radius 2 is 0.488 bits per heavy atom. The molecule has 1 aliphatic heterocycles. The summed E-state index contributed by atoms with van der Waals surface area (Å²) >= 11 is -2.58. The van der Waals surface area contributed by atoms with E-state index >= 15 is 0 Å². The fraction of sp³-hybridized carbons (Fsp3) is 0.385.